The minimum Gasteiger partial charge on any atom is -0.324 e. The van der Waals surface area contributed by atoms with Crippen LogP contribution in [0, 0.1) is 5.82 Å². The number of nitrogens with one attached hydrogen (secondary N) is 1. The Hall–Kier alpha value is -1.19. The summed E-state index contributed by atoms with van der Waals surface area (Å²) in [6.45, 7) is 2.98. The van der Waals surface area contributed by atoms with Crippen LogP contribution in [0.25, 0.3) is 0 Å². The first-order valence-corrected chi connectivity index (χ1v) is 6.96. The first-order chi connectivity index (χ1) is 8.83. The summed E-state index contributed by atoms with van der Waals surface area (Å²) < 4.78 is 76.0. The number of hydrogen-bond acceptors (Lipinski definition) is 3. The van der Waals surface area contributed by atoms with Gasteiger partial charge in [0.25, 0.3) is 0 Å². The highest BCUT2D eigenvalue weighted by Crippen LogP contribution is 2.32. The molecule has 0 bridgehead atoms. The van der Waals surface area contributed by atoms with Crippen LogP contribution in [0.5, 0.6) is 0 Å². The summed E-state index contributed by atoms with van der Waals surface area (Å²) >= 11 is 0. The van der Waals surface area contributed by atoms with Gasteiger partial charge in [-0.25, -0.2) is 17.5 Å². The smallest absolute Gasteiger partial charge is 0.324 e. The molecule has 20 heavy (non-hydrogen) atoms. The van der Waals surface area contributed by atoms with Crippen LogP contribution < -0.4 is 10.5 Å². The van der Waals surface area contributed by atoms with E-state index in [-0.39, 0.29) is 6.54 Å². The van der Waals surface area contributed by atoms with E-state index < -0.39 is 38.0 Å². The first-order valence-electron chi connectivity index (χ1n) is 5.48. The molecule has 0 heterocycles. The van der Waals surface area contributed by atoms with E-state index in [1.165, 1.54) is 0 Å². The van der Waals surface area contributed by atoms with E-state index >= 15 is 0 Å². The summed E-state index contributed by atoms with van der Waals surface area (Å²) in [6.07, 6.45) is -4.88. The fraction of sp³-hybridized carbons (Fsp3) is 0.455. The third-order valence-corrected chi connectivity index (χ3v) is 3.67. The highest BCUT2D eigenvalue weighted by atomic mass is 32.2. The van der Waals surface area contributed by atoms with Gasteiger partial charge in [-0.2, -0.15) is 13.2 Å². The van der Waals surface area contributed by atoms with Gasteiger partial charge in [-0.3, -0.25) is 0 Å². The molecule has 0 unspecified atom stereocenters. The quantitative estimate of drug-likeness (QED) is 0.833. The fourth-order valence-corrected chi connectivity index (χ4v) is 2.49. The van der Waals surface area contributed by atoms with Gasteiger partial charge in [0.15, 0.2) is 0 Å². The van der Waals surface area contributed by atoms with E-state index in [1.807, 2.05) is 0 Å². The molecular weight excluding hydrogens is 300 g/mol. The maximum atomic E-state index is 13.3. The first kappa shape index (κ1) is 16.9. The van der Waals surface area contributed by atoms with Crippen molar-refractivity contribution in [2.45, 2.75) is 30.5 Å². The molecule has 3 N–H and O–H groups in total. The second kappa shape index (κ2) is 5.30. The van der Waals surface area contributed by atoms with E-state index in [9.17, 15) is 26.0 Å². The topological polar surface area (TPSA) is 72.2 Å². The van der Waals surface area contributed by atoms with Gasteiger partial charge < -0.3 is 5.73 Å². The van der Waals surface area contributed by atoms with Gasteiger partial charge in [-0.05, 0) is 32.0 Å². The summed E-state index contributed by atoms with van der Waals surface area (Å²) in [6, 6.07) is 1.41. The Kier molecular flexibility index (Phi) is 4.47. The maximum absolute atomic E-state index is 13.3. The molecule has 0 fully saturated rings. The average molecular weight is 314 g/mol. The van der Waals surface area contributed by atoms with Crippen molar-refractivity contribution in [1.29, 1.82) is 0 Å². The predicted octanol–water partition coefficient (Wildman–Crippen LogP) is 1.86. The molecule has 0 aliphatic heterocycles. The third-order valence-electron chi connectivity index (χ3n) is 2.27. The van der Waals surface area contributed by atoms with Gasteiger partial charge in [0.2, 0.25) is 10.0 Å². The highest BCUT2D eigenvalue weighted by Gasteiger charge is 2.34. The standard InChI is InChI=1S/C11H14F4N2O2S/c1-10(2,16)6-17-20(18,19)7-3-4-8(9(12)5-7)11(13,14)15/h3-5,17H,6,16H2,1-2H3. The van der Waals surface area contributed by atoms with Crippen molar-refractivity contribution in [3.05, 3.63) is 29.6 Å². The Bertz CT molecular complexity index is 591. The number of alkyl halides is 3. The monoisotopic (exact) mass is 314 g/mol. The number of hydrogen-bond donors (Lipinski definition) is 2. The Balaban J connectivity index is 3.07. The molecule has 1 aromatic rings. The zero-order valence-corrected chi connectivity index (χ0v) is 11.6. The lowest BCUT2D eigenvalue weighted by atomic mass is 10.1. The van der Waals surface area contributed by atoms with E-state index in [0.717, 1.165) is 0 Å². The van der Waals surface area contributed by atoms with E-state index in [2.05, 4.69) is 4.72 Å². The van der Waals surface area contributed by atoms with Crippen molar-refractivity contribution < 1.29 is 26.0 Å². The number of benzene rings is 1. The molecule has 0 radical (unpaired) electrons. The third kappa shape index (κ3) is 4.43. The van der Waals surface area contributed by atoms with Crippen LogP contribution in [0.3, 0.4) is 0 Å². The van der Waals surface area contributed by atoms with Gasteiger partial charge in [-0.15, -0.1) is 0 Å². The largest absolute Gasteiger partial charge is 0.419 e. The fourth-order valence-electron chi connectivity index (χ4n) is 1.26. The van der Waals surface area contributed by atoms with Gasteiger partial charge in [-0.1, -0.05) is 0 Å². The number of halogens is 4. The van der Waals surface area contributed by atoms with Crippen molar-refractivity contribution in [3.8, 4) is 0 Å². The molecule has 114 valence electrons. The van der Waals surface area contributed by atoms with E-state index in [1.54, 1.807) is 13.8 Å². The predicted molar refractivity (Wildman–Crippen MR) is 64.9 cm³/mol. The zero-order chi connectivity index (χ0) is 15.8. The molecule has 0 aromatic heterocycles. The highest BCUT2D eigenvalue weighted by molar-refractivity contribution is 7.89. The number of rotatable bonds is 4. The van der Waals surface area contributed by atoms with Crippen molar-refractivity contribution >= 4 is 10.0 Å². The number of nitrogens with two attached hydrogens (primary N) is 1. The van der Waals surface area contributed by atoms with Crippen LogP contribution in [0.1, 0.15) is 19.4 Å². The van der Waals surface area contributed by atoms with Crippen LogP contribution in [-0.2, 0) is 16.2 Å². The van der Waals surface area contributed by atoms with Crippen LogP contribution in [0.2, 0.25) is 0 Å². The second-order valence-corrected chi connectivity index (χ2v) is 6.72. The van der Waals surface area contributed by atoms with Gasteiger partial charge in [0.1, 0.15) is 5.82 Å². The van der Waals surface area contributed by atoms with Gasteiger partial charge in [0, 0.05) is 12.1 Å². The Morgan fingerprint density at radius 2 is 1.80 bits per heavy atom. The summed E-state index contributed by atoms with van der Waals surface area (Å²) in [7, 11) is -4.12. The molecule has 0 saturated heterocycles. The Morgan fingerprint density at radius 1 is 1.25 bits per heavy atom. The van der Waals surface area contributed by atoms with Crippen molar-refractivity contribution in [1.82, 2.24) is 4.72 Å². The Morgan fingerprint density at radius 3 is 2.20 bits per heavy atom. The lowest BCUT2D eigenvalue weighted by Gasteiger charge is -2.19. The van der Waals surface area contributed by atoms with Crippen molar-refractivity contribution in [2.75, 3.05) is 6.54 Å². The van der Waals surface area contributed by atoms with Gasteiger partial charge >= 0.3 is 6.18 Å². The molecule has 0 spiro atoms. The Labute approximate surface area is 114 Å². The number of sulfonamides is 1. The second-order valence-electron chi connectivity index (χ2n) is 4.95. The van der Waals surface area contributed by atoms with E-state index in [0.29, 0.717) is 18.2 Å². The van der Waals surface area contributed by atoms with Gasteiger partial charge in [0.05, 0.1) is 10.5 Å². The summed E-state index contributed by atoms with van der Waals surface area (Å²) in [5.74, 6) is -1.65. The normalized spacial score (nSPS) is 13.6. The maximum Gasteiger partial charge on any atom is 0.419 e. The lowest BCUT2D eigenvalue weighted by Crippen LogP contribution is -2.45. The SMILES string of the molecule is CC(C)(N)CNS(=O)(=O)c1ccc(C(F)(F)F)c(F)c1. The van der Waals surface area contributed by atoms with Crippen molar-refractivity contribution in [2.24, 2.45) is 5.73 Å². The summed E-state index contributed by atoms with van der Waals surface area (Å²) in [5, 5.41) is 0. The minimum absolute atomic E-state index is 0.141. The molecule has 0 amide bonds. The average Bonchev–Trinajstić information content (AvgIpc) is 2.24. The molecule has 0 atom stereocenters. The van der Waals surface area contributed by atoms with Crippen molar-refractivity contribution in [3.63, 3.8) is 0 Å². The molecule has 0 aliphatic rings. The molecule has 4 nitrogen and oxygen atoms in total. The molecular formula is C11H14F4N2O2S. The molecule has 1 rings (SSSR count). The van der Waals surface area contributed by atoms with Crippen LogP contribution in [0.15, 0.2) is 23.1 Å². The summed E-state index contributed by atoms with van der Waals surface area (Å²) in [4.78, 5) is -0.591. The molecule has 1 aromatic carbocycles. The van der Waals surface area contributed by atoms with Crippen LogP contribution >= 0.6 is 0 Å². The molecule has 0 saturated carbocycles. The summed E-state index contributed by atoms with van der Waals surface area (Å²) in [5.41, 5.74) is 3.21. The van der Waals surface area contributed by atoms with Crippen LogP contribution in [0.4, 0.5) is 17.6 Å². The zero-order valence-electron chi connectivity index (χ0n) is 10.8. The van der Waals surface area contributed by atoms with Crippen LogP contribution in [-0.4, -0.2) is 20.5 Å². The molecule has 9 heteroatoms. The lowest BCUT2D eigenvalue weighted by molar-refractivity contribution is -0.140. The molecule has 0 aliphatic carbocycles. The van der Waals surface area contributed by atoms with E-state index in [4.69, 9.17) is 5.73 Å². The minimum atomic E-state index is -4.88.